The number of fused-ring (bicyclic) bond motifs is 2. The summed E-state index contributed by atoms with van der Waals surface area (Å²) in [6.45, 7) is 2.10. The first kappa shape index (κ1) is 30.4. The molecule has 0 aliphatic heterocycles. The molecule has 0 atom stereocenters. The molecular formula is C46H36N2. The average molecular weight is 617 g/mol. The zero-order chi connectivity index (χ0) is 32.9. The van der Waals surface area contributed by atoms with Crippen molar-refractivity contribution in [2.45, 2.75) is 6.92 Å². The monoisotopic (exact) mass is 616 g/mol. The van der Waals surface area contributed by atoms with Crippen LogP contribution in [0.25, 0.3) is 38.2 Å². The number of allylic oxidation sites excluding steroid dienone is 4. The van der Waals surface area contributed by atoms with Gasteiger partial charge in [-0.05, 0) is 101 Å². The molecule has 0 unspecified atom stereocenters. The molecule has 0 fully saturated rings. The Morgan fingerprint density at radius 1 is 0.562 bits per heavy atom. The molecule has 7 aromatic rings. The Labute approximate surface area is 283 Å². The highest BCUT2D eigenvalue weighted by Crippen LogP contribution is 2.40. The van der Waals surface area contributed by atoms with E-state index in [0.717, 1.165) is 33.9 Å². The molecule has 48 heavy (non-hydrogen) atoms. The largest absolute Gasteiger partial charge is 0.344 e. The van der Waals surface area contributed by atoms with Gasteiger partial charge in [-0.2, -0.15) is 0 Å². The number of anilines is 5. The van der Waals surface area contributed by atoms with Crippen LogP contribution in [0.1, 0.15) is 12.5 Å². The minimum absolute atomic E-state index is 1.10. The van der Waals surface area contributed by atoms with Crippen molar-refractivity contribution in [3.8, 4) is 23.5 Å². The lowest BCUT2D eigenvalue weighted by molar-refractivity contribution is 1.23. The fourth-order valence-corrected chi connectivity index (χ4v) is 6.40. The van der Waals surface area contributed by atoms with Crippen LogP contribution in [0, 0.1) is 12.3 Å². The van der Waals surface area contributed by atoms with Gasteiger partial charge in [0, 0.05) is 40.6 Å². The van der Waals surface area contributed by atoms with E-state index in [0.29, 0.717) is 0 Å². The van der Waals surface area contributed by atoms with Gasteiger partial charge in [0.15, 0.2) is 0 Å². The lowest BCUT2D eigenvalue weighted by atomic mass is 9.99. The van der Waals surface area contributed by atoms with Gasteiger partial charge in [0.1, 0.15) is 0 Å². The molecule has 2 nitrogen and oxygen atoms in total. The standard InChI is InChI=1S/C46H36N2/c1-4-5-7-14-34(2)35-21-29-42(30-22-35)48(41-17-8-6-9-18-41)43-31-25-37(26-32-43)36-23-27-40(28-24-36)47(3)46-44-19-12-10-15-38(44)33-39-16-11-13-20-45(39)46/h1,5-33H,2-3H3/b7-5-,34-14+. The molecule has 7 rings (SSSR count). The number of nitrogens with zero attached hydrogens (tertiary/aromatic N) is 2. The Bertz CT molecular complexity index is 2230. The highest BCUT2D eigenvalue weighted by atomic mass is 15.1. The van der Waals surface area contributed by atoms with Gasteiger partial charge in [-0.15, -0.1) is 6.42 Å². The summed E-state index contributed by atoms with van der Waals surface area (Å²) in [6, 6.07) is 56.4. The van der Waals surface area contributed by atoms with Crippen LogP contribution >= 0.6 is 0 Å². The van der Waals surface area contributed by atoms with Crippen molar-refractivity contribution < 1.29 is 0 Å². The number of para-hydroxylation sites is 1. The predicted molar refractivity (Wildman–Crippen MR) is 208 cm³/mol. The number of terminal acetylenes is 1. The van der Waals surface area contributed by atoms with Crippen molar-refractivity contribution >= 4 is 55.6 Å². The molecule has 0 heterocycles. The van der Waals surface area contributed by atoms with Crippen molar-refractivity contribution in [3.63, 3.8) is 0 Å². The Morgan fingerprint density at radius 3 is 1.60 bits per heavy atom. The van der Waals surface area contributed by atoms with Crippen LogP contribution in [0.4, 0.5) is 28.4 Å². The topological polar surface area (TPSA) is 6.48 Å². The number of rotatable bonds is 8. The highest BCUT2D eigenvalue weighted by molar-refractivity contribution is 6.12. The van der Waals surface area contributed by atoms with Crippen LogP contribution in [0.15, 0.2) is 176 Å². The molecule has 0 saturated heterocycles. The molecule has 0 aliphatic carbocycles. The van der Waals surface area contributed by atoms with Gasteiger partial charge in [0.05, 0.1) is 5.69 Å². The summed E-state index contributed by atoms with van der Waals surface area (Å²) < 4.78 is 0. The maximum Gasteiger partial charge on any atom is 0.0567 e. The van der Waals surface area contributed by atoms with Gasteiger partial charge in [-0.25, -0.2) is 0 Å². The minimum atomic E-state index is 1.10. The van der Waals surface area contributed by atoms with Crippen LogP contribution in [0.2, 0.25) is 0 Å². The maximum atomic E-state index is 5.35. The zero-order valence-electron chi connectivity index (χ0n) is 27.2. The zero-order valence-corrected chi connectivity index (χ0v) is 27.2. The van der Waals surface area contributed by atoms with E-state index in [9.17, 15) is 0 Å². The van der Waals surface area contributed by atoms with Gasteiger partial charge >= 0.3 is 0 Å². The third kappa shape index (κ3) is 6.10. The Morgan fingerprint density at radius 2 is 1.04 bits per heavy atom. The molecule has 230 valence electrons. The molecule has 0 aliphatic rings. The second-order valence-corrected chi connectivity index (χ2v) is 11.9. The number of hydrogen-bond donors (Lipinski definition) is 0. The first-order valence-corrected chi connectivity index (χ1v) is 16.2. The summed E-state index contributed by atoms with van der Waals surface area (Å²) in [5, 5.41) is 4.99. The molecule has 0 radical (unpaired) electrons. The SMILES string of the molecule is C#C/C=C\C=C(/C)c1ccc(N(c2ccccc2)c2ccc(-c3ccc(N(C)c4c5ccccc5cc5ccccc45)cc3)cc2)cc1. The average Bonchev–Trinajstić information content (AvgIpc) is 3.15. The summed E-state index contributed by atoms with van der Waals surface area (Å²) in [4.78, 5) is 4.60. The van der Waals surface area contributed by atoms with Crippen molar-refractivity contribution in [1.29, 1.82) is 0 Å². The van der Waals surface area contributed by atoms with E-state index < -0.39 is 0 Å². The first-order chi connectivity index (χ1) is 23.6. The lowest BCUT2D eigenvalue weighted by Gasteiger charge is -2.26. The lowest BCUT2D eigenvalue weighted by Crippen LogP contribution is -2.10. The quantitative estimate of drug-likeness (QED) is 0.0952. The molecule has 2 heteroatoms. The van der Waals surface area contributed by atoms with Gasteiger partial charge in [0.2, 0.25) is 0 Å². The number of benzene rings is 7. The molecule has 0 amide bonds. The Hall–Kier alpha value is -6.30. The van der Waals surface area contributed by atoms with Crippen LogP contribution in [-0.2, 0) is 0 Å². The third-order valence-corrected chi connectivity index (χ3v) is 8.93. The minimum Gasteiger partial charge on any atom is -0.344 e. The summed E-state index contributed by atoms with van der Waals surface area (Å²) in [5.74, 6) is 2.54. The van der Waals surface area contributed by atoms with Crippen LogP contribution in [0.3, 0.4) is 0 Å². The Balaban J connectivity index is 1.17. The van der Waals surface area contributed by atoms with E-state index in [1.165, 1.54) is 38.4 Å². The molecule has 0 spiro atoms. The fourth-order valence-electron chi connectivity index (χ4n) is 6.40. The van der Waals surface area contributed by atoms with Crippen LogP contribution < -0.4 is 9.80 Å². The van der Waals surface area contributed by atoms with Crippen molar-refractivity contribution in [2.24, 2.45) is 0 Å². The maximum absolute atomic E-state index is 5.35. The van der Waals surface area contributed by atoms with Gasteiger partial charge < -0.3 is 9.80 Å². The van der Waals surface area contributed by atoms with Gasteiger partial charge in [-0.1, -0.05) is 121 Å². The third-order valence-electron chi connectivity index (χ3n) is 8.93. The van der Waals surface area contributed by atoms with Gasteiger partial charge in [0.25, 0.3) is 0 Å². The van der Waals surface area contributed by atoms with E-state index in [1.54, 1.807) is 6.08 Å². The molecule has 0 N–H and O–H groups in total. The Kier molecular flexibility index (Phi) is 8.60. The summed E-state index contributed by atoms with van der Waals surface area (Å²) in [6.07, 6.45) is 11.0. The van der Waals surface area contributed by atoms with Crippen LogP contribution in [-0.4, -0.2) is 7.05 Å². The number of hydrogen-bond acceptors (Lipinski definition) is 2. The smallest absolute Gasteiger partial charge is 0.0567 e. The highest BCUT2D eigenvalue weighted by Gasteiger charge is 2.15. The summed E-state index contributed by atoms with van der Waals surface area (Å²) in [7, 11) is 2.16. The normalized spacial score (nSPS) is 11.6. The van der Waals surface area contributed by atoms with E-state index in [1.807, 2.05) is 12.2 Å². The molecular weight excluding hydrogens is 581 g/mol. The fraction of sp³-hybridized carbons (Fsp3) is 0.0435. The van der Waals surface area contributed by atoms with E-state index >= 15 is 0 Å². The van der Waals surface area contributed by atoms with Crippen molar-refractivity contribution in [2.75, 3.05) is 16.8 Å². The van der Waals surface area contributed by atoms with Gasteiger partial charge in [-0.3, -0.25) is 0 Å². The van der Waals surface area contributed by atoms with Crippen molar-refractivity contribution in [3.05, 3.63) is 182 Å². The molecule has 0 bridgehead atoms. The molecule has 0 aromatic heterocycles. The van der Waals surface area contributed by atoms with E-state index in [-0.39, 0.29) is 0 Å². The van der Waals surface area contributed by atoms with Crippen LogP contribution in [0.5, 0.6) is 0 Å². The summed E-state index contributed by atoms with van der Waals surface area (Å²) in [5.41, 5.74) is 10.3. The summed E-state index contributed by atoms with van der Waals surface area (Å²) >= 11 is 0. The second-order valence-electron chi connectivity index (χ2n) is 11.9. The molecule has 0 saturated carbocycles. The van der Waals surface area contributed by atoms with E-state index in [2.05, 4.69) is 187 Å². The predicted octanol–water partition coefficient (Wildman–Crippen LogP) is 12.5. The van der Waals surface area contributed by atoms with E-state index in [4.69, 9.17) is 6.42 Å². The molecule has 7 aromatic carbocycles. The van der Waals surface area contributed by atoms with Crippen molar-refractivity contribution in [1.82, 2.24) is 0 Å². The second kappa shape index (κ2) is 13.6. The first-order valence-electron chi connectivity index (χ1n) is 16.2.